The second kappa shape index (κ2) is 11.5. The molecule has 0 heterocycles. The van der Waals surface area contributed by atoms with E-state index in [2.05, 4.69) is 13.2 Å². The van der Waals surface area contributed by atoms with Gasteiger partial charge in [0.15, 0.2) is 0 Å². The van der Waals surface area contributed by atoms with Crippen LogP contribution < -0.4 is 10.4 Å². The fraction of sp³-hybridized carbons (Fsp3) is 0.250. The Morgan fingerprint density at radius 3 is 1.72 bits per heavy atom. The van der Waals surface area contributed by atoms with Gasteiger partial charge < -0.3 is 9.59 Å². The van der Waals surface area contributed by atoms with Gasteiger partial charge in [-0.3, -0.25) is 0 Å². The van der Waals surface area contributed by atoms with Gasteiger partial charge in [-0.15, -0.1) is 0 Å². The maximum atomic E-state index is 9.44. The van der Waals surface area contributed by atoms with Crippen LogP contribution in [0.3, 0.4) is 0 Å². The van der Waals surface area contributed by atoms with Crippen LogP contribution in [0, 0.1) is 0 Å². The summed E-state index contributed by atoms with van der Waals surface area (Å²) in [4.78, 5) is 18.9. The summed E-state index contributed by atoms with van der Waals surface area (Å²) in [5.74, 6) is 0.333. The molecular formula is C16H22O2. The molecule has 0 spiro atoms. The Morgan fingerprint density at radius 2 is 1.39 bits per heavy atom. The summed E-state index contributed by atoms with van der Waals surface area (Å²) in [5.41, 5.74) is 0. The summed E-state index contributed by atoms with van der Waals surface area (Å²) in [6.07, 6.45) is 3.71. The zero-order valence-corrected chi connectivity index (χ0v) is 11.7. The van der Waals surface area contributed by atoms with E-state index in [-0.39, 0.29) is 11.6 Å². The fourth-order valence-corrected chi connectivity index (χ4v) is 0.824. The summed E-state index contributed by atoms with van der Waals surface area (Å²) in [5, 5.41) is 2.18. The Bertz CT molecular complexity index is 464. The Hall–Kier alpha value is -1.96. The van der Waals surface area contributed by atoms with Crippen LogP contribution in [0.15, 0.2) is 36.9 Å². The van der Waals surface area contributed by atoms with E-state index >= 15 is 0 Å². The number of benzene rings is 1. The molecule has 0 aromatic heterocycles. The normalized spacial score (nSPS) is 9.22. The van der Waals surface area contributed by atoms with Gasteiger partial charge in [-0.25, -0.2) is 0 Å². The SMILES string of the molecule is C=C/C=c1/ccccc1=C.CC(C)=O.CC(C)=O. The minimum absolute atomic E-state index is 0.167. The van der Waals surface area contributed by atoms with E-state index < -0.39 is 0 Å². The minimum atomic E-state index is 0.167. The highest BCUT2D eigenvalue weighted by molar-refractivity contribution is 5.72. The average Bonchev–Trinajstić information content (AvgIpc) is 2.20. The molecule has 0 bridgehead atoms. The van der Waals surface area contributed by atoms with Crippen molar-refractivity contribution in [2.24, 2.45) is 0 Å². The summed E-state index contributed by atoms with van der Waals surface area (Å²) in [7, 11) is 0. The first-order valence-corrected chi connectivity index (χ1v) is 5.62. The summed E-state index contributed by atoms with van der Waals surface area (Å²) in [6.45, 7) is 13.6. The van der Waals surface area contributed by atoms with Crippen molar-refractivity contribution in [3.63, 3.8) is 0 Å². The van der Waals surface area contributed by atoms with Gasteiger partial charge >= 0.3 is 0 Å². The lowest BCUT2D eigenvalue weighted by Gasteiger charge is -1.83. The second-order valence-corrected chi connectivity index (χ2v) is 3.92. The second-order valence-electron chi connectivity index (χ2n) is 3.92. The van der Waals surface area contributed by atoms with Gasteiger partial charge in [-0.05, 0) is 38.1 Å². The standard InChI is InChI=1S/C10H10.2C3H6O/c1-3-6-10-8-5-4-7-9(10)2;2*1-3(2)4/h3-8H,1-2H2;2*1-2H3/b10-6-;;. The van der Waals surface area contributed by atoms with E-state index in [1.165, 1.54) is 27.7 Å². The highest BCUT2D eigenvalue weighted by Gasteiger charge is 1.75. The van der Waals surface area contributed by atoms with E-state index in [0.29, 0.717) is 0 Å². The largest absolute Gasteiger partial charge is 0.300 e. The number of ketones is 2. The molecule has 0 fully saturated rings. The number of Topliss-reactive ketones (excluding diaryl/α,β-unsaturated/α-hetero) is 2. The van der Waals surface area contributed by atoms with Gasteiger partial charge in [0.05, 0.1) is 0 Å². The predicted molar refractivity (Wildman–Crippen MR) is 78.6 cm³/mol. The smallest absolute Gasteiger partial charge is 0.126 e. The van der Waals surface area contributed by atoms with Crippen molar-refractivity contribution in [1.29, 1.82) is 0 Å². The molecule has 1 aromatic rings. The first-order valence-electron chi connectivity index (χ1n) is 5.62. The van der Waals surface area contributed by atoms with Crippen molar-refractivity contribution >= 4 is 24.2 Å². The number of hydrogen-bond acceptors (Lipinski definition) is 2. The molecule has 0 aliphatic carbocycles. The van der Waals surface area contributed by atoms with Gasteiger partial charge in [0.2, 0.25) is 0 Å². The summed E-state index contributed by atoms with van der Waals surface area (Å²) < 4.78 is 0. The Labute approximate surface area is 109 Å². The van der Waals surface area contributed by atoms with Crippen molar-refractivity contribution in [2.75, 3.05) is 0 Å². The molecule has 0 N–H and O–H groups in total. The van der Waals surface area contributed by atoms with Crippen LogP contribution in [0.2, 0.25) is 0 Å². The monoisotopic (exact) mass is 246 g/mol. The molecular weight excluding hydrogens is 224 g/mol. The van der Waals surface area contributed by atoms with Crippen molar-refractivity contribution in [2.45, 2.75) is 27.7 Å². The van der Waals surface area contributed by atoms with Crippen LogP contribution >= 0.6 is 0 Å². The minimum Gasteiger partial charge on any atom is -0.300 e. The maximum Gasteiger partial charge on any atom is 0.126 e. The molecule has 0 amide bonds. The number of rotatable bonds is 1. The van der Waals surface area contributed by atoms with Crippen molar-refractivity contribution in [3.05, 3.63) is 47.4 Å². The fourth-order valence-electron chi connectivity index (χ4n) is 0.824. The molecule has 0 atom stereocenters. The van der Waals surface area contributed by atoms with Crippen LogP contribution in [-0.4, -0.2) is 11.6 Å². The van der Waals surface area contributed by atoms with E-state index in [0.717, 1.165) is 10.4 Å². The van der Waals surface area contributed by atoms with Crippen molar-refractivity contribution in [3.8, 4) is 0 Å². The zero-order chi connectivity index (χ0) is 14.6. The third-order valence-electron chi connectivity index (χ3n) is 1.35. The molecule has 2 nitrogen and oxygen atoms in total. The van der Waals surface area contributed by atoms with Gasteiger partial charge in [0, 0.05) is 0 Å². The molecule has 98 valence electrons. The van der Waals surface area contributed by atoms with Crippen molar-refractivity contribution in [1.82, 2.24) is 0 Å². The summed E-state index contributed by atoms with van der Waals surface area (Å²) >= 11 is 0. The Kier molecular flexibility index (Phi) is 11.8. The summed E-state index contributed by atoms with van der Waals surface area (Å²) in [6, 6.07) is 7.96. The zero-order valence-electron chi connectivity index (χ0n) is 11.7. The first-order chi connectivity index (χ1) is 8.31. The number of carbonyl (C=O) groups is 2. The maximum absolute atomic E-state index is 9.44. The average molecular weight is 246 g/mol. The molecule has 0 radical (unpaired) electrons. The third kappa shape index (κ3) is 16.5. The van der Waals surface area contributed by atoms with Crippen LogP contribution in [0.4, 0.5) is 0 Å². The molecule has 2 heteroatoms. The molecule has 1 aromatic carbocycles. The molecule has 0 saturated heterocycles. The molecule has 1 rings (SSSR count). The first kappa shape index (κ1) is 18.4. The number of carbonyl (C=O) groups excluding carboxylic acids is 2. The molecule has 0 unspecified atom stereocenters. The predicted octanol–water partition coefficient (Wildman–Crippen LogP) is 2.25. The highest BCUT2D eigenvalue weighted by Crippen LogP contribution is 1.70. The van der Waals surface area contributed by atoms with Crippen molar-refractivity contribution < 1.29 is 9.59 Å². The van der Waals surface area contributed by atoms with Gasteiger partial charge in [-0.1, -0.05) is 49.6 Å². The lowest BCUT2D eigenvalue weighted by molar-refractivity contribution is -0.115. The lowest BCUT2D eigenvalue weighted by atomic mass is 10.2. The molecule has 0 aliphatic heterocycles. The Balaban J connectivity index is 0. The third-order valence-corrected chi connectivity index (χ3v) is 1.35. The van der Waals surface area contributed by atoms with E-state index in [9.17, 15) is 9.59 Å². The van der Waals surface area contributed by atoms with Gasteiger partial charge in [-0.2, -0.15) is 0 Å². The quantitative estimate of drug-likeness (QED) is 0.761. The lowest BCUT2D eigenvalue weighted by Crippen LogP contribution is -2.21. The Morgan fingerprint density at radius 1 is 1.00 bits per heavy atom. The van der Waals surface area contributed by atoms with Crippen LogP contribution in [0.25, 0.3) is 12.7 Å². The van der Waals surface area contributed by atoms with E-state index in [1.54, 1.807) is 6.08 Å². The van der Waals surface area contributed by atoms with Gasteiger partial charge in [0.25, 0.3) is 0 Å². The highest BCUT2D eigenvalue weighted by atomic mass is 16.1. The topological polar surface area (TPSA) is 34.1 Å². The molecule has 0 aliphatic rings. The molecule has 18 heavy (non-hydrogen) atoms. The van der Waals surface area contributed by atoms with Crippen LogP contribution in [0.5, 0.6) is 0 Å². The van der Waals surface area contributed by atoms with E-state index in [1.807, 2.05) is 30.3 Å². The van der Waals surface area contributed by atoms with Crippen LogP contribution in [0.1, 0.15) is 27.7 Å². The van der Waals surface area contributed by atoms with Gasteiger partial charge in [0.1, 0.15) is 11.6 Å². The van der Waals surface area contributed by atoms with E-state index in [4.69, 9.17) is 0 Å². The number of allylic oxidation sites excluding steroid dienone is 1. The molecule has 0 saturated carbocycles. The van der Waals surface area contributed by atoms with Crippen LogP contribution in [-0.2, 0) is 9.59 Å². The number of hydrogen-bond donors (Lipinski definition) is 0.